The van der Waals surface area contributed by atoms with Crippen LogP contribution in [0.2, 0.25) is 0 Å². The van der Waals surface area contributed by atoms with E-state index in [9.17, 15) is 0 Å². The standard InChI is InChI=1S/C8H12.CH2O.2BrH.Co/c1-2-4-6-8-7-5-3-1;1-2;;;/h1-4H,5-8H2;1H2;2*1H;/q;;;;+2/p-2. The summed E-state index contributed by atoms with van der Waals surface area (Å²) in [4.78, 5) is 8.00. The Bertz CT molecular complexity index is 113. The fraction of sp³-hybridized carbons (Fsp3) is 0.444. The zero-order valence-corrected chi connectivity index (χ0v) is 11.6. The van der Waals surface area contributed by atoms with Crippen molar-refractivity contribution >= 4 is 6.79 Å². The molecule has 0 saturated carbocycles. The predicted octanol–water partition coefficient (Wildman–Crippen LogP) is -3.51. The van der Waals surface area contributed by atoms with Crippen molar-refractivity contribution in [2.24, 2.45) is 0 Å². The summed E-state index contributed by atoms with van der Waals surface area (Å²) in [5, 5.41) is 0. The minimum Gasteiger partial charge on any atom is -1.00 e. The second-order valence-electron chi connectivity index (χ2n) is 2.14. The van der Waals surface area contributed by atoms with Crippen LogP contribution in [0.25, 0.3) is 0 Å². The zero-order chi connectivity index (χ0) is 7.66. The molecule has 0 atom stereocenters. The summed E-state index contributed by atoms with van der Waals surface area (Å²) in [6.45, 7) is 2.00. The second kappa shape index (κ2) is 22.9. The Balaban J connectivity index is -0.0000000761. The minimum absolute atomic E-state index is 0. The third kappa shape index (κ3) is 19.2. The van der Waals surface area contributed by atoms with Crippen molar-refractivity contribution < 1.29 is 55.5 Å². The number of carbonyl (C=O) groups is 1. The monoisotopic (exact) mass is 355 g/mol. The molecule has 0 aromatic rings. The first-order valence-corrected chi connectivity index (χ1v) is 3.61. The Morgan fingerprint density at radius 3 is 1.46 bits per heavy atom. The smallest absolute Gasteiger partial charge is 1.00 e. The molecule has 0 unspecified atom stereocenters. The summed E-state index contributed by atoms with van der Waals surface area (Å²) >= 11 is 0. The summed E-state index contributed by atoms with van der Waals surface area (Å²) in [6.07, 6.45) is 14.0. The summed E-state index contributed by atoms with van der Waals surface area (Å²) in [6, 6.07) is 0. The maximum Gasteiger partial charge on any atom is 2.00 e. The quantitative estimate of drug-likeness (QED) is 0.440. The van der Waals surface area contributed by atoms with Gasteiger partial charge in [0.1, 0.15) is 6.79 Å². The zero-order valence-electron chi connectivity index (χ0n) is 7.34. The molecule has 0 fully saturated rings. The van der Waals surface area contributed by atoms with Crippen molar-refractivity contribution in [1.29, 1.82) is 0 Å². The molecule has 0 amide bonds. The van der Waals surface area contributed by atoms with E-state index in [2.05, 4.69) is 24.3 Å². The van der Waals surface area contributed by atoms with Crippen LogP contribution in [-0.2, 0) is 21.6 Å². The molecule has 1 nitrogen and oxygen atoms in total. The van der Waals surface area contributed by atoms with Crippen LogP contribution in [0.3, 0.4) is 0 Å². The summed E-state index contributed by atoms with van der Waals surface area (Å²) < 4.78 is 0. The Hall–Kier alpha value is 0.616. The second-order valence-corrected chi connectivity index (χ2v) is 2.14. The van der Waals surface area contributed by atoms with E-state index in [0.29, 0.717) is 0 Å². The number of hydrogen-bond donors (Lipinski definition) is 0. The van der Waals surface area contributed by atoms with E-state index >= 15 is 0 Å². The Morgan fingerprint density at radius 2 is 1.15 bits per heavy atom. The van der Waals surface area contributed by atoms with Gasteiger partial charge >= 0.3 is 16.8 Å². The van der Waals surface area contributed by atoms with E-state index < -0.39 is 0 Å². The van der Waals surface area contributed by atoms with Gasteiger partial charge in [-0.2, -0.15) is 0 Å². The Morgan fingerprint density at radius 1 is 0.846 bits per heavy atom. The van der Waals surface area contributed by atoms with E-state index in [-0.39, 0.29) is 50.7 Å². The van der Waals surface area contributed by atoms with Gasteiger partial charge < -0.3 is 38.8 Å². The molecule has 1 aliphatic rings. The van der Waals surface area contributed by atoms with Crippen molar-refractivity contribution in [2.45, 2.75) is 25.7 Å². The van der Waals surface area contributed by atoms with Gasteiger partial charge in [0.05, 0.1) is 0 Å². The molecule has 13 heavy (non-hydrogen) atoms. The molecule has 0 aromatic carbocycles. The van der Waals surface area contributed by atoms with Gasteiger partial charge in [-0.15, -0.1) is 0 Å². The Labute approximate surface area is 112 Å². The maximum absolute atomic E-state index is 8.00. The van der Waals surface area contributed by atoms with Gasteiger partial charge in [0.15, 0.2) is 0 Å². The first-order chi connectivity index (χ1) is 5.00. The van der Waals surface area contributed by atoms with E-state index in [1.54, 1.807) is 0 Å². The average Bonchev–Trinajstić information content (AvgIpc) is 1.90. The minimum atomic E-state index is 0. The SMILES string of the molecule is C1=CCCCCC=C1.C=O.[Br-].[Br-].[Co+2]. The fourth-order valence-electron chi connectivity index (χ4n) is 0.874. The first kappa shape index (κ1) is 23.4. The molecule has 79 valence electrons. The van der Waals surface area contributed by atoms with Crippen LogP contribution < -0.4 is 34.0 Å². The molecule has 0 aliphatic heterocycles. The molecule has 0 bridgehead atoms. The number of rotatable bonds is 0. The largest absolute Gasteiger partial charge is 2.00 e. The van der Waals surface area contributed by atoms with Crippen molar-refractivity contribution in [2.75, 3.05) is 0 Å². The van der Waals surface area contributed by atoms with Crippen LogP contribution >= 0.6 is 0 Å². The third-order valence-electron chi connectivity index (χ3n) is 1.37. The molecule has 0 saturated heterocycles. The molecule has 0 aromatic heterocycles. The normalized spacial score (nSPS) is 12.6. The van der Waals surface area contributed by atoms with Gasteiger partial charge in [-0.25, -0.2) is 0 Å². The number of halogens is 2. The molecule has 1 aliphatic carbocycles. The molecule has 0 N–H and O–H groups in total. The van der Waals surface area contributed by atoms with E-state index in [1.807, 2.05) is 6.79 Å². The maximum atomic E-state index is 8.00. The molecule has 0 spiro atoms. The van der Waals surface area contributed by atoms with E-state index in [0.717, 1.165) is 0 Å². The van der Waals surface area contributed by atoms with Crippen molar-refractivity contribution in [1.82, 2.24) is 0 Å². The molecule has 0 heterocycles. The van der Waals surface area contributed by atoms with Crippen molar-refractivity contribution in [3.8, 4) is 0 Å². The third-order valence-corrected chi connectivity index (χ3v) is 1.37. The molecule has 4 heteroatoms. The molecular weight excluding hydrogens is 343 g/mol. The van der Waals surface area contributed by atoms with Crippen LogP contribution in [-0.4, -0.2) is 6.79 Å². The first-order valence-electron chi connectivity index (χ1n) is 3.61. The predicted molar refractivity (Wildman–Crippen MR) is 43.9 cm³/mol. The van der Waals surface area contributed by atoms with Crippen LogP contribution in [0.5, 0.6) is 0 Å². The fourth-order valence-corrected chi connectivity index (χ4v) is 0.874. The van der Waals surface area contributed by atoms with E-state index in [4.69, 9.17) is 4.79 Å². The topological polar surface area (TPSA) is 17.1 Å². The summed E-state index contributed by atoms with van der Waals surface area (Å²) in [7, 11) is 0. The van der Waals surface area contributed by atoms with Gasteiger partial charge in [-0.3, -0.25) is 0 Å². The summed E-state index contributed by atoms with van der Waals surface area (Å²) in [5.41, 5.74) is 0. The number of carbonyl (C=O) groups excluding carboxylic acids is 1. The van der Waals surface area contributed by atoms with Gasteiger partial charge in [-0.05, 0) is 25.7 Å². The van der Waals surface area contributed by atoms with Gasteiger partial charge in [0.2, 0.25) is 0 Å². The Kier molecular flexibility index (Phi) is 41.3. The van der Waals surface area contributed by atoms with Gasteiger partial charge in [-0.1, -0.05) is 24.3 Å². The van der Waals surface area contributed by atoms with Crippen LogP contribution in [0.1, 0.15) is 25.7 Å². The molecular formula is C9H14Br2CoO. The van der Waals surface area contributed by atoms with Crippen molar-refractivity contribution in [3.63, 3.8) is 0 Å². The van der Waals surface area contributed by atoms with Crippen molar-refractivity contribution in [3.05, 3.63) is 24.3 Å². The van der Waals surface area contributed by atoms with Gasteiger partial charge in [0.25, 0.3) is 0 Å². The van der Waals surface area contributed by atoms with Crippen LogP contribution in [0.4, 0.5) is 0 Å². The summed E-state index contributed by atoms with van der Waals surface area (Å²) in [5.74, 6) is 0. The van der Waals surface area contributed by atoms with Crippen LogP contribution in [0.15, 0.2) is 24.3 Å². The average molecular weight is 357 g/mol. The van der Waals surface area contributed by atoms with E-state index in [1.165, 1.54) is 25.7 Å². The molecule has 1 radical (unpaired) electrons. The number of hydrogen-bond acceptors (Lipinski definition) is 1. The van der Waals surface area contributed by atoms with Gasteiger partial charge in [0, 0.05) is 0 Å². The molecule has 1 rings (SSSR count). The number of allylic oxidation sites excluding steroid dienone is 4. The van der Waals surface area contributed by atoms with Crippen LogP contribution in [0, 0.1) is 0 Å².